The first kappa shape index (κ1) is 31.0. The Morgan fingerprint density at radius 1 is 0.446 bits per heavy atom. The van der Waals surface area contributed by atoms with E-state index in [0.29, 0.717) is 17.5 Å². The van der Waals surface area contributed by atoms with Gasteiger partial charge in [0.05, 0.1) is 6.04 Å². The number of fused-ring (bicyclic) bond motifs is 13. The summed E-state index contributed by atoms with van der Waals surface area (Å²) in [6.45, 7) is 0. The Kier molecular flexibility index (Phi) is 6.69. The van der Waals surface area contributed by atoms with Gasteiger partial charge in [-0.15, -0.1) is 0 Å². The maximum atomic E-state index is 6.72. The summed E-state index contributed by atoms with van der Waals surface area (Å²) in [7, 11) is 0. The fraction of sp³-hybridized carbons (Fsp3) is 0.0392. The number of furan rings is 1. The third kappa shape index (κ3) is 4.64. The molecule has 3 heterocycles. The molecule has 2 aliphatic rings. The van der Waals surface area contributed by atoms with Crippen LogP contribution in [0.15, 0.2) is 180 Å². The van der Waals surface area contributed by atoms with Crippen molar-refractivity contribution >= 4 is 60.7 Å². The van der Waals surface area contributed by atoms with E-state index in [9.17, 15) is 0 Å². The summed E-state index contributed by atoms with van der Waals surface area (Å²) in [4.78, 5) is 17.4. The maximum absolute atomic E-state index is 6.72. The van der Waals surface area contributed by atoms with E-state index in [4.69, 9.17) is 19.4 Å². The Labute approximate surface area is 322 Å². The molecule has 0 saturated heterocycles. The molecule has 0 radical (unpaired) electrons. The molecule has 0 amide bonds. The summed E-state index contributed by atoms with van der Waals surface area (Å²) in [5, 5.41) is 8.77. The van der Waals surface area contributed by atoms with E-state index >= 15 is 0 Å². The van der Waals surface area contributed by atoms with E-state index in [1.807, 2.05) is 60.7 Å². The molecular formula is C51H32N4O. The number of hydrogen-bond acceptors (Lipinski definition) is 5. The fourth-order valence-electron chi connectivity index (χ4n) is 9.19. The molecule has 1 aliphatic carbocycles. The van der Waals surface area contributed by atoms with Gasteiger partial charge >= 0.3 is 0 Å². The zero-order valence-corrected chi connectivity index (χ0v) is 30.2. The van der Waals surface area contributed by atoms with Gasteiger partial charge in [-0.3, -0.25) is 0 Å². The highest BCUT2D eigenvalue weighted by atomic mass is 16.3. The molecule has 262 valence electrons. The fourth-order valence-corrected chi connectivity index (χ4v) is 9.19. The number of nitrogens with zero attached hydrogens (tertiary/aromatic N) is 4. The quantitative estimate of drug-likeness (QED) is 0.170. The Balaban J connectivity index is 0.985. The van der Waals surface area contributed by atoms with Crippen LogP contribution in [0.3, 0.4) is 0 Å². The Bertz CT molecular complexity index is 3130. The lowest BCUT2D eigenvalue weighted by atomic mass is 9.82. The molecule has 0 spiro atoms. The first-order chi connectivity index (χ1) is 27.8. The van der Waals surface area contributed by atoms with Crippen LogP contribution in [-0.4, -0.2) is 21.0 Å². The van der Waals surface area contributed by atoms with Gasteiger partial charge in [0.2, 0.25) is 0 Å². The zero-order chi connectivity index (χ0) is 36.7. The van der Waals surface area contributed by atoms with Crippen LogP contribution in [0.5, 0.6) is 0 Å². The molecule has 0 saturated carbocycles. The molecule has 2 atom stereocenters. The van der Waals surface area contributed by atoms with Crippen LogP contribution in [0.4, 0.5) is 11.4 Å². The van der Waals surface area contributed by atoms with Crippen LogP contribution < -0.4 is 4.90 Å². The first-order valence-electron chi connectivity index (χ1n) is 19.1. The van der Waals surface area contributed by atoms with Crippen LogP contribution in [0.1, 0.15) is 22.8 Å². The average molecular weight is 717 g/mol. The van der Waals surface area contributed by atoms with Gasteiger partial charge in [-0.25, -0.2) is 15.0 Å². The second kappa shape index (κ2) is 12.1. The summed E-state index contributed by atoms with van der Waals surface area (Å²) in [6, 6.07) is 60.1. The molecule has 2 unspecified atom stereocenters. The summed E-state index contributed by atoms with van der Waals surface area (Å²) in [5.74, 6) is 2.87. The Hall–Kier alpha value is -7.37. The van der Waals surface area contributed by atoms with E-state index in [1.165, 1.54) is 54.8 Å². The van der Waals surface area contributed by atoms with Crippen molar-refractivity contribution in [3.05, 3.63) is 193 Å². The lowest BCUT2D eigenvalue weighted by Gasteiger charge is -2.30. The topological polar surface area (TPSA) is 55.1 Å². The number of benzene rings is 8. The van der Waals surface area contributed by atoms with Crippen LogP contribution in [0, 0.1) is 0 Å². The molecule has 8 aromatic carbocycles. The van der Waals surface area contributed by atoms with Crippen molar-refractivity contribution in [2.24, 2.45) is 0 Å². The zero-order valence-electron chi connectivity index (χ0n) is 30.2. The van der Waals surface area contributed by atoms with Crippen LogP contribution >= 0.6 is 0 Å². The average Bonchev–Trinajstić information content (AvgIpc) is 3.82. The second-order valence-electron chi connectivity index (χ2n) is 14.7. The van der Waals surface area contributed by atoms with Crippen molar-refractivity contribution in [1.82, 2.24) is 15.0 Å². The first-order valence-corrected chi connectivity index (χ1v) is 19.1. The normalized spacial score (nSPS) is 15.8. The van der Waals surface area contributed by atoms with Gasteiger partial charge in [-0.2, -0.15) is 0 Å². The number of para-hydroxylation sites is 1. The van der Waals surface area contributed by atoms with E-state index in [2.05, 4.69) is 126 Å². The molecule has 0 N–H and O–H groups in total. The number of anilines is 2. The van der Waals surface area contributed by atoms with Crippen LogP contribution in [0.25, 0.3) is 83.5 Å². The van der Waals surface area contributed by atoms with Crippen LogP contribution in [0.2, 0.25) is 0 Å². The third-order valence-corrected chi connectivity index (χ3v) is 11.6. The molecule has 5 heteroatoms. The Morgan fingerprint density at radius 3 is 1.64 bits per heavy atom. The van der Waals surface area contributed by atoms with Crippen molar-refractivity contribution < 1.29 is 4.42 Å². The number of aromatic nitrogens is 3. The van der Waals surface area contributed by atoms with E-state index in [0.717, 1.165) is 33.4 Å². The predicted octanol–water partition coefficient (Wildman–Crippen LogP) is 12.8. The lowest BCUT2D eigenvalue weighted by molar-refractivity contribution is 0.584. The third-order valence-electron chi connectivity index (χ3n) is 11.6. The van der Waals surface area contributed by atoms with Crippen molar-refractivity contribution in [2.45, 2.75) is 12.0 Å². The number of rotatable bonds is 4. The summed E-state index contributed by atoms with van der Waals surface area (Å²) >= 11 is 0. The van der Waals surface area contributed by atoms with E-state index in [1.54, 1.807) is 0 Å². The molecule has 0 fully saturated rings. The monoisotopic (exact) mass is 716 g/mol. The van der Waals surface area contributed by atoms with E-state index < -0.39 is 0 Å². The minimum absolute atomic E-state index is 0.0786. The highest BCUT2D eigenvalue weighted by Crippen LogP contribution is 2.54. The highest BCUT2D eigenvalue weighted by Gasteiger charge is 2.43. The molecule has 2 aromatic heterocycles. The molecule has 12 rings (SSSR count). The molecule has 5 nitrogen and oxygen atoms in total. The maximum Gasteiger partial charge on any atom is 0.164 e. The minimum atomic E-state index is 0.0786. The molecule has 10 aromatic rings. The van der Waals surface area contributed by atoms with Crippen molar-refractivity contribution in [2.75, 3.05) is 4.90 Å². The largest absolute Gasteiger partial charge is 0.456 e. The van der Waals surface area contributed by atoms with Gasteiger partial charge in [0, 0.05) is 44.9 Å². The van der Waals surface area contributed by atoms with Gasteiger partial charge in [0.15, 0.2) is 17.5 Å². The SMILES string of the molecule is C1=CC2C(c3ccccc3N2c2ccc3c4ccccc4c4ccccc4c3c2)c2c1oc1cc(-c3nc(-c4ccccc4)nc(-c4ccccc4)n3)ccc21. The van der Waals surface area contributed by atoms with Gasteiger partial charge in [-0.1, -0.05) is 152 Å². The highest BCUT2D eigenvalue weighted by molar-refractivity contribution is 6.25. The molecular weight excluding hydrogens is 685 g/mol. The summed E-state index contributed by atoms with van der Waals surface area (Å²) < 4.78 is 6.72. The van der Waals surface area contributed by atoms with Crippen molar-refractivity contribution in [1.29, 1.82) is 0 Å². The van der Waals surface area contributed by atoms with E-state index in [-0.39, 0.29) is 12.0 Å². The molecule has 56 heavy (non-hydrogen) atoms. The Morgan fingerprint density at radius 2 is 0.982 bits per heavy atom. The minimum Gasteiger partial charge on any atom is -0.456 e. The van der Waals surface area contributed by atoms with Crippen molar-refractivity contribution in [3.63, 3.8) is 0 Å². The smallest absolute Gasteiger partial charge is 0.164 e. The van der Waals surface area contributed by atoms with Crippen LogP contribution in [-0.2, 0) is 0 Å². The van der Waals surface area contributed by atoms with Gasteiger partial charge in [-0.05, 0) is 68.2 Å². The lowest BCUT2D eigenvalue weighted by Crippen LogP contribution is -2.30. The van der Waals surface area contributed by atoms with Gasteiger partial charge in [0.1, 0.15) is 11.3 Å². The van der Waals surface area contributed by atoms with Gasteiger partial charge < -0.3 is 9.32 Å². The predicted molar refractivity (Wildman–Crippen MR) is 228 cm³/mol. The van der Waals surface area contributed by atoms with Crippen molar-refractivity contribution in [3.8, 4) is 34.2 Å². The number of hydrogen-bond donors (Lipinski definition) is 0. The summed E-state index contributed by atoms with van der Waals surface area (Å²) in [6.07, 6.45) is 4.49. The van der Waals surface area contributed by atoms with Gasteiger partial charge in [0.25, 0.3) is 0 Å². The summed E-state index contributed by atoms with van der Waals surface area (Å²) in [5.41, 5.74) is 8.51. The second-order valence-corrected chi connectivity index (χ2v) is 14.7. The molecule has 1 aliphatic heterocycles. The molecule has 0 bridgehead atoms. The standard InChI is InChI=1S/C51H32N4O/c1-3-13-31(14-4-1)49-52-50(32-15-5-2-6-16-32)54-51(53-49)33-23-25-41-46(29-33)56-45-28-27-44-47(48(41)45)40-21-11-12-22-43(40)55(44)34-24-26-39-37-19-8-7-17-35(37)36-18-9-10-20-38(36)42(39)30-34/h1-30,44,47H.